The first-order chi connectivity index (χ1) is 15.5. The molecule has 0 bridgehead atoms. The van der Waals surface area contributed by atoms with Crippen molar-refractivity contribution < 1.29 is 19.4 Å². The average Bonchev–Trinajstić information content (AvgIpc) is 3.56. The van der Waals surface area contributed by atoms with E-state index in [1.54, 1.807) is 0 Å². The van der Waals surface area contributed by atoms with E-state index in [1.165, 1.54) is 24.0 Å². The van der Waals surface area contributed by atoms with Crippen molar-refractivity contribution in [2.75, 3.05) is 13.2 Å². The number of aliphatic hydroxyl groups excluding tert-OH is 1. The standard InChI is InChI=1S/C27H39NO4/c1-2-3-4-7-21(29)11-12-22-23-13-19-6-5-8-26(24(19)14-20(23)15-25(22)30)32-17-27(31)28-16-18-9-10-18/h5-6,8,18,20,22-23,25,30H,2-4,7,9-17H2,1H3,(H,28,31)/t20-,22+,23-,25+/m0/s1. The molecule has 0 heterocycles. The maximum absolute atomic E-state index is 12.3. The number of carbonyl (C=O) groups is 2. The molecule has 2 N–H and O–H groups in total. The van der Waals surface area contributed by atoms with Crippen molar-refractivity contribution in [1.82, 2.24) is 5.32 Å². The normalized spacial score (nSPS) is 26.3. The first-order valence-corrected chi connectivity index (χ1v) is 12.7. The third kappa shape index (κ3) is 5.92. The summed E-state index contributed by atoms with van der Waals surface area (Å²) in [6.07, 6.45) is 10.1. The van der Waals surface area contributed by atoms with Crippen LogP contribution in [0.25, 0.3) is 0 Å². The molecule has 0 saturated heterocycles. The summed E-state index contributed by atoms with van der Waals surface area (Å²) in [5.74, 6) is 2.83. The highest BCUT2D eigenvalue weighted by molar-refractivity contribution is 5.78. The van der Waals surface area contributed by atoms with Crippen molar-refractivity contribution >= 4 is 11.7 Å². The van der Waals surface area contributed by atoms with Gasteiger partial charge in [-0.15, -0.1) is 0 Å². The number of unbranched alkanes of at least 4 members (excludes halogenated alkanes) is 2. The molecule has 2 saturated carbocycles. The highest BCUT2D eigenvalue weighted by Gasteiger charge is 2.44. The van der Waals surface area contributed by atoms with Gasteiger partial charge in [0.1, 0.15) is 11.5 Å². The summed E-state index contributed by atoms with van der Waals surface area (Å²) in [7, 11) is 0. The lowest BCUT2D eigenvalue weighted by molar-refractivity contribution is -0.123. The minimum Gasteiger partial charge on any atom is -0.483 e. The fourth-order valence-corrected chi connectivity index (χ4v) is 5.74. The first-order valence-electron chi connectivity index (χ1n) is 12.7. The lowest BCUT2D eigenvalue weighted by Crippen LogP contribution is -2.31. The van der Waals surface area contributed by atoms with Gasteiger partial charge in [-0.3, -0.25) is 9.59 Å². The number of hydrogen-bond donors (Lipinski definition) is 2. The van der Waals surface area contributed by atoms with Gasteiger partial charge in [-0.25, -0.2) is 0 Å². The molecule has 0 unspecified atom stereocenters. The summed E-state index contributed by atoms with van der Waals surface area (Å²) >= 11 is 0. The van der Waals surface area contributed by atoms with Gasteiger partial charge in [0.05, 0.1) is 6.10 Å². The van der Waals surface area contributed by atoms with Crippen LogP contribution in [-0.4, -0.2) is 36.1 Å². The Labute approximate surface area is 192 Å². The number of carbonyl (C=O) groups excluding carboxylic acids is 2. The summed E-state index contributed by atoms with van der Waals surface area (Å²) in [6.45, 7) is 2.97. The second-order valence-corrected chi connectivity index (χ2v) is 10.3. The van der Waals surface area contributed by atoms with Gasteiger partial charge >= 0.3 is 0 Å². The quantitative estimate of drug-likeness (QED) is 0.476. The minimum absolute atomic E-state index is 0.0526. The predicted molar refractivity (Wildman–Crippen MR) is 125 cm³/mol. The van der Waals surface area contributed by atoms with E-state index in [1.807, 2.05) is 12.1 Å². The number of ether oxygens (including phenoxy) is 1. The average molecular weight is 442 g/mol. The number of aliphatic hydroxyl groups is 1. The number of hydrogen-bond acceptors (Lipinski definition) is 4. The van der Waals surface area contributed by atoms with E-state index >= 15 is 0 Å². The number of ketones is 1. The highest BCUT2D eigenvalue weighted by atomic mass is 16.5. The third-order valence-corrected chi connectivity index (χ3v) is 7.81. The predicted octanol–water partition coefficient (Wildman–Crippen LogP) is 4.23. The van der Waals surface area contributed by atoms with Gasteiger partial charge < -0.3 is 15.2 Å². The van der Waals surface area contributed by atoms with E-state index in [2.05, 4.69) is 18.3 Å². The van der Waals surface area contributed by atoms with Gasteiger partial charge in [-0.2, -0.15) is 0 Å². The van der Waals surface area contributed by atoms with Gasteiger partial charge in [0.25, 0.3) is 5.91 Å². The van der Waals surface area contributed by atoms with Crippen LogP contribution in [0.1, 0.15) is 75.8 Å². The molecular formula is C27H39NO4. The Bertz CT molecular complexity index is 803. The monoisotopic (exact) mass is 441 g/mol. The number of rotatable bonds is 12. The summed E-state index contributed by atoms with van der Waals surface area (Å²) in [5, 5.41) is 13.7. The number of fused-ring (bicyclic) bond motifs is 2. The molecule has 32 heavy (non-hydrogen) atoms. The largest absolute Gasteiger partial charge is 0.483 e. The molecule has 3 aliphatic carbocycles. The second-order valence-electron chi connectivity index (χ2n) is 10.3. The molecule has 0 spiro atoms. The molecular weight excluding hydrogens is 402 g/mol. The Morgan fingerprint density at radius 3 is 2.78 bits per heavy atom. The highest BCUT2D eigenvalue weighted by Crippen LogP contribution is 2.48. The van der Waals surface area contributed by atoms with E-state index in [-0.39, 0.29) is 24.5 Å². The fraction of sp³-hybridized carbons (Fsp3) is 0.704. The third-order valence-electron chi connectivity index (χ3n) is 7.81. The molecule has 176 valence electrons. The molecule has 4 rings (SSSR count). The Morgan fingerprint density at radius 1 is 1.16 bits per heavy atom. The van der Waals surface area contributed by atoms with Crippen LogP contribution < -0.4 is 10.1 Å². The maximum Gasteiger partial charge on any atom is 0.257 e. The molecule has 0 aromatic heterocycles. The van der Waals surface area contributed by atoms with Crippen LogP contribution in [0.3, 0.4) is 0 Å². The Morgan fingerprint density at radius 2 is 2.00 bits per heavy atom. The molecule has 3 aliphatic rings. The molecule has 1 aromatic rings. The maximum atomic E-state index is 12.3. The van der Waals surface area contributed by atoms with Gasteiger partial charge in [-0.1, -0.05) is 31.9 Å². The number of benzene rings is 1. The molecule has 2 fully saturated rings. The van der Waals surface area contributed by atoms with E-state index in [0.29, 0.717) is 36.4 Å². The summed E-state index contributed by atoms with van der Waals surface area (Å²) < 4.78 is 5.93. The summed E-state index contributed by atoms with van der Waals surface area (Å²) in [4.78, 5) is 24.4. The van der Waals surface area contributed by atoms with Crippen molar-refractivity contribution in [2.45, 2.75) is 83.7 Å². The van der Waals surface area contributed by atoms with Crippen LogP contribution in [0.2, 0.25) is 0 Å². The smallest absolute Gasteiger partial charge is 0.257 e. The SMILES string of the molecule is CCCCCC(=O)CC[C@@H]1[C@H]2Cc3cccc(OCC(=O)NCC4CC4)c3C[C@H]2C[C@H]1O. The van der Waals surface area contributed by atoms with Crippen LogP contribution in [-0.2, 0) is 22.4 Å². The van der Waals surface area contributed by atoms with Crippen LogP contribution >= 0.6 is 0 Å². The van der Waals surface area contributed by atoms with E-state index in [9.17, 15) is 14.7 Å². The molecule has 0 radical (unpaired) electrons. The van der Waals surface area contributed by atoms with Gasteiger partial charge in [0, 0.05) is 19.4 Å². The molecule has 5 heteroatoms. The van der Waals surface area contributed by atoms with Crippen molar-refractivity contribution in [2.24, 2.45) is 23.7 Å². The Kier molecular flexibility index (Phi) is 7.88. The molecule has 5 nitrogen and oxygen atoms in total. The van der Waals surface area contributed by atoms with Crippen molar-refractivity contribution in [1.29, 1.82) is 0 Å². The number of Topliss-reactive ketones (excluding diaryl/α,β-unsaturated/α-hetero) is 1. The van der Waals surface area contributed by atoms with E-state index < -0.39 is 0 Å². The summed E-state index contributed by atoms with van der Waals surface area (Å²) in [5.41, 5.74) is 2.47. The zero-order chi connectivity index (χ0) is 22.5. The van der Waals surface area contributed by atoms with E-state index in [0.717, 1.165) is 57.2 Å². The minimum atomic E-state index is -0.319. The summed E-state index contributed by atoms with van der Waals surface area (Å²) in [6, 6.07) is 6.13. The van der Waals surface area contributed by atoms with Crippen LogP contribution in [0.15, 0.2) is 18.2 Å². The van der Waals surface area contributed by atoms with Crippen LogP contribution in [0.4, 0.5) is 0 Å². The Balaban J connectivity index is 1.33. The Hall–Kier alpha value is -1.88. The molecule has 4 atom stereocenters. The topological polar surface area (TPSA) is 75.6 Å². The van der Waals surface area contributed by atoms with Crippen LogP contribution in [0, 0.1) is 23.7 Å². The van der Waals surface area contributed by atoms with Gasteiger partial charge in [0.2, 0.25) is 0 Å². The van der Waals surface area contributed by atoms with Crippen molar-refractivity contribution in [3.63, 3.8) is 0 Å². The fourth-order valence-electron chi connectivity index (χ4n) is 5.74. The van der Waals surface area contributed by atoms with Crippen molar-refractivity contribution in [3.8, 4) is 5.75 Å². The number of nitrogens with one attached hydrogen (secondary N) is 1. The lowest BCUT2D eigenvalue weighted by atomic mass is 9.73. The van der Waals surface area contributed by atoms with Gasteiger partial charge in [0.15, 0.2) is 6.61 Å². The van der Waals surface area contributed by atoms with Gasteiger partial charge in [-0.05, 0) is 85.8 Å². The van der Waals surface area contributed by atoms with Crippen LogP contribution in [0.5, 0.6) is 5.75 Å². The zero-order valence-electron chi connectivity index (χ0n) is 19.5. The second kappa shape index (κ2) is 10.8. The zero-order valence-corrected chi connectivity index (χ0v) is 19.5. The molecule has 1 amide bonds. The molecule has 0 aliphatic heterocycles. The molecule has 1 aromatic carbocycles. The first kappa shape index (κ1) is 23.3. The van der Waals surface area contributed by atoms with Crippen molar-refractivity contribution in [3.05, 3.63) is 29.3 Å². The van der Waals surface area contributed by atoms with E-state index in [4.69, 9.17) is 4.74 Å². The lowest BCUT2D eigenvalue weighted by Gasteiger charge is -2.32. The number of amides is 1.